The van der Waals surface area contributed by atoms with Crippen LogP contribution in [0.3, 0.4) is 0 Å². The van der Waals surface area contributed by atoms with E-state index in [4.69, 9.17) is 4.74 Å². The van der Waals surface area contributed by atoms with Gasteiger partial charge in [-0.15, -0.1) is 11.3 Å². The second kappa shape index (κ2) is 7.01. The highest BCUT2D eigenvalue weighted by atomic mass is 32.1. The van der Waals surface area contributed by atoms with Gasteiger partial charge in [0.05, 0.1) is 11.2 Å². The lowest BCUT2D eigenvalue weighted by molar-refractivity contribution is 0.178. The Hall–Kier alpha value is -1.73. The number of rotatable bonds is 7. The maximum atomic E-state index is 5.06. The Labute approximate surface area is 116 Å². The number of methoxy groups -OCH3 is 1. The second-order valence-electron chi connectivity index (χ2n) is 3.89. The highest BCUT2D eigenvalue weighted by molar-refractivity contribution is 7.07. The lowest BCUT2D eigenvalue weighted by Crippen LogP contribution is -2.10. The Kier molecular flexibility index (Phi) is 5.05. The molecule has 0 unspecified atom stereocenters. The molecule has 0 saturated carbocycles. The van der Waals surface area contributed by atoms with E-state index in [9.17, 15) is 0 Å². The standard InChI is InChI=1S/C12H17N5OS/c1-13-10-5-11(17-12(16-10)6-18-2)14-4-3-9-7-19-8-15-9/h5,7-8H,3-4,6H2,1-2H3,(H2,13,14,16,17). The van der Waals surface area contributed by atoms with Crippen LogP contribution in [0.25, 0.3) is 0 Å². The first kappa shape index (κ1) is 13.7. The number of thiazole rings is 1. The van der Waals surface area contributed by atoms with E-state index in [2.05, 4.69) is 31.0 Å². The minimum atomic E-state index is 0.399. The maximum absolute atomic E-state index is 5.06. The Morgan fingerprint density at radius 3 is 2.84 bits per heavy atom. The van der Waals surface area contributed by atoms with E-state index in [0.29, 0.717) is 12.4 Å². The van der Waals surface area contributed by atoms with Gasteiger partial charge in [-0.25, -0.2) is 15.0 Å². The van der Waals surface area contributed by atoms with Gasteiger partial charge in [0, 0.05) is 38.6 Å². The number of anilines is 2. The number of nitrogens with one attached hydrogen (secondary N) is 2. The van der Waals surface area contributed by atoms with Crippen molar-refractivity contribution >= 4 is 23.0 Å². The van der Waals surface area contributed by atoms with Crippen LogP contribution in [0.1, 0.15) is 11.5 Å². The summed E-state index contributed by atoms with van der Waals surface area (Å²) in [7, 11) is 3.46. The fourth-order valence-corrected chi connectivity index (χ4v) is 2.18. The second-order valence-corrected chi connectivity index (χ2v) is 4.61. The van der Waals surface area contributed by atoms with Crippen molar-refractivity contribution in [3.8, 4) is 0 Å². The van der Waals surface area contributed by atoms with Crippen molar-refractivity contribution in [2.24, 2.45) is 0 Å². The fraction of sp³-hybridized carbons (Fsp3) is 0.417. The van der Waals surface area contributed by atoms with Gasteiger partial charge in [-0.1, -0.05) is 0 Å². The molecule has 102 valence electrons. The predicted octanol–water partition coefficient (Wildman–Crippen LogP) is 1.78. The molecule has 0 amide bonds. The molecule has 19 heavy (non-hydrogen) atoms. The average Bonchev–Trinajstić information content (AvgIpc) is 2.92. The summed E-state index contributed by atoms with van der Waals surface area (Å²) in [4.78, 5) is 12.9. The summed E-state index contributed by atoms with van der Waals surface area (Å²) < 4.78 is 5.06. The van der Waals surface area contributed by atoms with Gasteiger partial charge in [0.2, 0.25) is 0 Å². The SMILES string of the molecule is CNc1cc(NCCc2cscn2)nc(COC)n1. The van der Waals surface area contributed by atoms with Gasteiger partial charge in [0.15, 0.2) is 5.82 Å². The van der Waals surface area contributed by atoms with Gasteiger partial charge >= 0.3 is 0 Å². The largest absolute Gasteiger partial charge is 0.377 e. The lowest BCUT2D eigenvalue weighted by atomic mass is 10.3. The molecule has 0 aliphatic carbocycles. The molecule has 0 aliphatic heterocycles. The molecule has 0 aliphatic rings. The van der Waals surface area contributed by atoms with Crippen molar-refractivity contribution in [3.63, 3.8) is 0 Å². The maximum Gasteiger partial charge on any atom is 0.158 e. The Morgan fingerprint density at radius 2 is 2.16 bits per heavy atom. The van der Waals surface area contributed by atoms with E-state index < -0.39 is 0 Å². The molecule has 7 heteroatoms. The molecular formula is C12H17N5OS. The van der Waals surface area contributed by atoms with Crippen molar-refractivity contribution in [2.45, 2.75) is 13.0 Å². The van der Waals surface area contributed by atoms with Crippen LogP contribution in [0, 0.1) is 0 Å². The fourth-order valence-electron chi connectivity index (χ4n) is 1.59. The Morgan fingerprint density at radius 1 is 1.32 bits per heavy atom. The van der Waals surface area contributed by atoms with Gasteiger partial charge in [0.1, 0.15) is 18.2 Å². The van der Waals surface area contributed by atoms with Crippen LogP contribution in [0.15, 0.2) is 17.0 Å². The molecule has 0 spiro atoms. The van der Waals surface area contributed by atoms with E-state index in [0.717, 1.165) is 30.3 Å². The number of aromatic nitrogens is 3. The topological polar surface area (TPSA) is 72.0 Å². The van der Waals surface area contributed by atoms with Gasteiger partial charge in [-0.2, -0.15) is 0 Å². The summed E-state index contributed by atoms with van der Waals surface area (Å²) in [6, 6.07) is 1.88. The number of hydrogen-bond donors (Lipinski definition) is 2. The number of ether oxygens (including phenoxy) is 1. The van der Waals surface area contributed by atoms with Crippen LogP contribution in [-0.2, 0) is 17.8 Å². The van der Waals surface area contributed by atoms with Crippen molar-refractivity contribution < 1.29 is 4.74 Å². The van der Waals surface area contributed by atoms with Crippen LogP contribution in [-0.4, -0.2) is 35.7 Å². The lowest BCUT2D eigenvalue weighted by Gasteiger charge is -2.09. The third-order valence-electron chi connectivity index (χ3n) is 2.47. The monoisotopic (exact) mass is 279 g/mol. The number of hydrogen-bond acceptors (Lipinski definition) is 7. The summed E-state index contributed by atoms with van der Waals surface area (Å²) in [6.45, 7) is 1.19. The van der Waals surface area contributed by atoms with Crippen LogP contribution in [0.2, 0.25) is 0 Å². The minimum Gasteiger partial charge on any atom is -0.377 e. The zero-order chi connectivity index (χ0) is 13.5. The van der Waals surface area contributed by atoms with Gasteiger partial charge in [-0.05, 0) is 0 Å². The molecule has 0 atom stereocenters. The third kappa shape index (κ3) is 4.15. The van der Waals surface area contributed by atoms with Gasteiger partial charge in [-0.3, -0.25) is 0 Å². The minimum absolute atomic E-state index is 0.399. The molecule has 6 nitrogen and oxygen atoms in total. The summed E-state index contributed by atoms with van der Waals surface area (Å²) in [6.07, 6.45) is 0.877. The summed E-state index contributed by atoms with van der Waals surface area (Å²) in [5, 5.41) is 8.34. The van der Waals surface area contributed by atoms with Crippen molar-refractivity contribution in [1.82, 2.24) is 15.0 Å². The van der Waals surface area contributed by atoms with E-state index in [-0.39, 0.29) is 0 Å². The van der Waals surface area contributed by atoms with E-state index >= 15 is 0 Å². The van der Waals surface area contributed by atoms with E-state index in [1.807, 2.05) is 18.6 Å². The third-order valence-corrected chi connectivity index (χ3v) is 3.11. The molecule has 2 heterocycles. The van der Waals surface area contributed by atoms with E-state index in [1.54, 1.807) is 18.4 Å². The number of nitrogens with zero attached hydrogens (tertiary/aromatic N) is 3. The Balaban J connectivity index is 1.96. The van der Waals surface area contributed by atoms with Crippen LogP contribution in [0.4, 0.5) is 11.6 Å². The van der Waals surface area contributed by atoms with Crippen LogP contribution >= 0.6 is 11.3 Å². The van der Waals surface area contributed by atoms with Crippen LogP contribution < -0.4 is 10.6 Å². The zero-order valence-corrected chi connectivity index (χ0v) is 11.8. The molecule has 2 N–H and O–H groups in total. The first-order chi connectivity index (χ1) is 9.31. The van der Waals surface area contributed by atoms with Crippen LogP contribution in [0.5, 0.6) is 0 Å². The summed E-state index contributed by atoms with van der Waals surface area (Å²) in [5.74, 6) is 2.23. The summed E-state index contributed by atoms with van der Waals surface area (Å²) in [5.41, 5.74) is 2.94. The molecule has 2 rings (SSSR count). The van der Waals surface area contributed by atoms with Crippen molar-refractivity contribution in [1.29, 1.82) is 0 Å². The molecule has 2 aromatic heterocycles. The smallest absolute Gasteiger partial charge is 0.158 e. The molecule has 0 aromatic carbocycles. The highest BCUT2D eigenvalue weighted by Gasteiger charge is 2.03. The molecule has 2 aromatic rings. The molecular weight excluding hydrogens is 262 g/mol. The molecule has 0 bridgehead atoms. The average molecular weight is 279 g/mol. The first-order valence-electron chi connectivity index (χ1n) is 5.97. The normalized spacial score (nSPS) is 10.4. The Bertz CT molecular complexity index is 503. The van der Waals surface area contributed by atoms with Gasteiger partial charge in [0.25, 0.3) is 0 Å². The van der Waals surface area contributed by atoms with Crippen molar-refractivity contribution in [3.05, 3.63) is 28.5 Å². The predicted molar refractivity (Wildman–Crippen MR) is 76.6 cm³/mol. The molecule has 0 saturated heterocycles. The first-order valence-corrected chi connectivity index (χ1v) is 6.91. The van der Waals surface area contributed by atoms with Gasteiger partial charge < -0.3 is 15.4 Å². The zero-order valence-electron chi connectivity index (χ0n) is 11.0. The summed E-state index contributed by atoms with van der Waals surface area (Å²) >= 11 is 1.61. The molecule has 0 radical (unpaired) electrons. The van der Waals surface area contributed by atoms with E-state index in [1.165, 1.54) is 0 Å². The quantitative estimate of drug-likeness (QED) is 0.805. The highest BCUT2D eigenvalue weighted by Crippen LogP contribution is 2.11. The van der Waals surface area contributed by atoms with Crippen molar-refractivity contribution in [2.75, 3.05) is 31.3 Å². The molecule has 0 fully saturated rings.